The fourth-order valence-corrected chi connectivity index (χ4v) is 4.27. The van der Waals surface area contributed by atoms with Crippen LogP contribution in [0.4, 0.5) is 8.78 Å². The van der Waals surface area contributed by atoms with Gasteiger partial charge >= 0.3 is 0 Å². The van der Waals surface area contributed by atoms with E-state index >= 15 is 0 Å². The smallest absolute Gasteiger partial charge is 0.251 e. The molecular formula is C36H57F2N3O. The Morgan fingerprint density at radius 3 is 1.98 bits per heavy atom. The summed E-state index contributed by atoms with van der Waals surface area (Å²) in [6.45, 7) is 19.6. The maximum Gasteiger partial charge on any atom is 0.251 e. The number of nitrogens with zero attached hydrogens (tertiary/aromatic N) is 1. The Morgan fingerprint density at radius 2 is 1.40 bits per heavy atom. The van der Waals surface area contributed by atoms with Crippen LogP contribution in [0.5, 0.6) is 0 Å². The lowest BCUT2D eigenvalue weighted by Gasteiger charge is -2.20. The lowest BCUT2D eigenvalue weighted by atomic mass is 10.1. The fraction of sp³-hybridized carbons (Fsp3) is 0.472. The predicted octanol–water partition coefficient (Wildman–Crippen LogP) is 9.02. The zero-order valence-electron chi connectivity index (χ0n) is 25.5. The normalized spacial score (nSPS) is 9.86. The highest BCUT2D eigenvalue weighted by molar-refractivity contribution is 5.94. The minimum absolute atomic E-state index is 0. The van der Waals surface area contributed by atoms with Crippen molar-refractivity contribution in [2.45, 2.75) is 89.3 Å². The third-order valence-corrected chi connectivity index (χ3v) is 6.03. The van der Waals surface area contributed by atoms with Crippen molar-refractivity contribution in [3.05, 3.63) is 106 Å². The minimum atomic E-state index is -0.521. The molecule has 4 nitrogen and oxygen atoms in total. The molecule has 0 aliphatic rings. The molecule has 0 saturated carbocycles. The van der Waals surface area contributed by atoms with Gasteiger partial charge in [-0.3, -0.25) is 9.69 Å². The molecule has 0 aliphatic heterocycles. The molecule has 0 bridgehead atoms. The Morgan fingerprint density at radius 1 is 0.786 bits per heavy atom. The third-order valence-electron chi connectivity index (χ3n) is 6.03. The molecule has 0 atom stereocenters. The molecule has 0 heterocycles. The minimum Gasteiger partial charge on any atom is -0.352 e. The average molecular weight is 586 g/mol. The van der Waals surface area contributed by atoms with E-state index < -0.39 is 11.6 Å². The standard InChI is InChI=1S/C25H37N3O.C7H6F2.C2H6.2CH4/c1-5-13-28(6-2)19-23-15-21(4)16-24(17-23)25(29)27-12-8-11-26-18-22-10-7-9-20(3)14-22;1-5-2-6(8)4-7(9)3-5;1-2;;/h7,9-10,14-17,26H,5-6,8,11-13,18-19H2,1-4H3,(H,27,29);2-4H,1H3;1-2H3;2*1H4. The number of aryl methyl sites for hydroxylation is 3. The van der Waals surface area contributed by atoms with Crippen molar-refractivity contribution in [2.75, 3.05) is 26.2 Å². The van der Waals surface area contributed by atoms with Gasteiger partial charge in [0.1, 0.15) is 11.6 Å². The maximum atomic E-state index is 12.6. The van der Waals surface area contributed by atoms with Crippen molar-refractivity contribution in [2.24, 2.45) is 0 Å². The molecular weight excluding hydrogens is 528 g/mol. The molecule has 3 rings (SSSR count). The van der Waals surface area contributed by atoms with Crippen LogP contribution in [0.25, 0.3) is 0 Å². The first-order valence-electron chi connectivity index (χ1n) is 14.5. The fourth-order valence-electron chi connectivity index (χ4n) is 4.27. The van der Waals surface area contributed by atoms with E-state index in [4.69, 9.17) is 0 Å². The van der Waals surface area contributed by atoms with Gasteiger partial charge in [0, 0.05) is 31.3 Å². The Balaban J connectivity index is 0. The van der Waals surface area contributed by atoms with Crippen LogP contribution < -0.4 is 10.6 Å². The largest absolute Gasteiger partial charge is 0.352 e. The van der Waals surface area contributed by atoms with Gasteiger partial charge in [0.15, 0.2) is 0 Å². The third kappa shape index (κ3) is 17.0. The van der Waals surface area contributed by atoms with Crippen LogP contribution in [0.1, 0.15) is 93.6 Å². The Kier molecular flexibility index (Phi) is 22.9. The molecule has 3 aromatic rings. The van der Waals surface area contributed by atoms with Crippen molar-refractivity contribution in [3.8, 4) is 0 Å². The van der Waals surface area contributed by atoms with Gasteiger partial charge in [-0.1, -0.05) is 84.0 Å². The summed E-state index contributed by atoms with van der Waals surface area (Å²) < 4.78 is 24.4. The van der Waals surface area contributed by atoms with Crippen molar-refractivity contribution < 1.29 is 13.6 Å². The monoisotopic (exact) mass is 585 g/mol. The molecule has 42 heavy (non-hydrogen) atoms. The van der Waals surface area contributed by atoms with Crippen LogP contribution >= 0.6 is 0 Å². The highest BCUT2D eigenvalue weighted by atomic mass is 19.1. The van der Waals surface area contributed by atoms with E-state index in [1.165, 1.54) is 28.8 Å². The molecule has 1 amide bonds. The van der Waals surface area contributed by atoms with Gasteiger partial charge in [0.25, 0.3) is 5.91 Å². The number of nitrogens with one attached hydrogen (secondary N) is 2. The lowest BCUT2D eigenvalue weighted by molar-refractivity contribution is 0.0953. The number of benzene rings is 3. The Bertz CT molecular complexity index is 1100. The first-order chi connectivity index (χ1) is 19.2. The van der Waals surface area contributed by atoms with Gasteiger partial charge in [-0.25, -0.2) is 8.78 Å². The van der Waals surface area contributed by atoms with E-state index in [2.05, 4.69) is 73.6 Å². The van der Waals surface area contributed by atoms with Crippen molar-refractivity contribution in [3.63, 3.8) is 0 Å². The molecule has 0 aromatic heterocycles. The summed E-state index contributed by atoms with van der Waals surface area (Å²) in [5.74, 6) is -1.02. The SMILES string of the molecule is C.C.CC.CCCN(CC)Cc1cc(C)cc(C(=O)NCCCNCc2cccc(C)c2)c1.Cc1cc(F)cc(F)c1. The zero-order valence-corrected chi connectivity index (χ0v) is 25.5. The van der Waals surface area contributed by atoms with Crippen LogP contribution in [0, 0.1) is 32.4 Å². The van der Waals surface area contributed by atoms with E-state index in [1.807, 2.05) is 26.0 Å². The van der Waals surface area contributed by atoms with Crippen molar-refractivity contribution >= 4 is 5.91 Å². The Hall–Kier alpha value is -3.09. The average Bonchev–Trinajstić information content (AvgIpc) is 2.90. The molecule has 3 aromatic carbocycles. The van der Waals surface area contributed by atoms with Gasteiger partial charge < -0.3 is 10.6 Å². The van der Waals surface area contributed by atoms with Crippen LogP contribution in [-0.4, -0.2) is 37.0 Å². The molecule has 0 radical (unpaired) electrons. The summed E-state index contributed by atoms with van der Waals surface area (Å²) in [6, 6.07) is 18.1. The first-order valence-corrected chi connectivity index (χ1v) is 14.5. The molecule has 0 unspecified atom stereocenters. The second-order valence-corrected chi connectivity index (χ2v) is 9.80. The van der Waals surface area contributed by atoms with Crippen LogP contribution in [0.15, 0.2) is 60.7 Å². The second-order valence-electron chi connectivity index (χ2n) is 9.80. The number of carbonyl (C=O) groups is 1. The van der Waals surface area contributed by atoms with Crippen LogP contribution in [0.2, 0.25) is 0 Å². The van der Waals surface area contributed by atoms with Gasteiger partial charge in [-0.15, -0.1) is 0 Å². The lowest BCUT2D eigenvalue weighted by Crippen LogP contribution is -2.28. The van der Waals surface area contributed by atoms with E-state index in [0.29, 0.717) is 12.1 Å². The zero-order chi connectivity index (χ0) is 29.9. The van der Waals surface area contributed by atoms with Gasteiger partial charge in [0.2, 0.25) is 0 Å². The Labute approximate surface area is 255 Å². The number of amides is 1. The summed E-state index contributed by atoms with van der Waals surface area (Å²) in [6.07, 6.45) is 2.06. The van der Waals surface area contributed by atoms with Crippen LogP contribution in [-0.2, 0) is 13.1 Å². The summed E-state index contributed by atoms with van der Waals surface area (Å²) in [7, 11) is 0. The molecule has 236 valence electrons. The topological polar surface area (TPSA) is 44.4 Å². The highest BCUT2D eigenvalue weighted by Crippen LogP contribution is 2.13. The summed E-state index contributed by atoms with van der Waals surface area (Å²) in [4.78, 5) is 15.0. The molecule has 0 spiro atoms. The van der Waals surface area contributed by atoms with E-state index in [0.717, 1.165) is 62.8 Å². The van der Waals surface area contributed by atoms with Crippen molar-refractivity contribution in [1.82, 2.24) is 15.5 Å². The van der Waals surface area contributed by atoms with E-state index in [9.17, 15) is 13.6 Å². The second kappa shape index (κ2) is 23.5. The first kappa shape index (κ1) is 41.0. The number of carbonyl (C=O) groups excluding carboxylic acids is 1. The maximum absolute atomic E-state index is 12.6. The summed E-state index contributed by atoms with van der Waals surface area (Å²) in [5, 5.41) is 6.50. The van der Waals surface area contributed by atoms with Gasteiger partial charge in [-0.05, 0) is 94.2 Å². The molecule has 0 saturated heterocycles. The van der Waals surface area contributed by atoms with Crippen LogP contribution in [0.3, 0.4) is 0 Å². The van der Waals surface area contributed by atoms with E-state index in [-0.39, 0.29) is 20.8 Å². The predicted molar refractivity (Wildman–Crippen MR) is 178 cm³/mol. The summed E-state index contributed by atoms with van der Waals surface area (Å²) >= 11 is 0. The number of rotatable bonds is 12. The van der Waals surface area contributed by atoms with E-state index in [1.54, 1.807) is 6.92 Å². The highest BCUT2D eigenvalue weighted by Gasteiger charge is 2.09. The molecule has 0 aliphatic carbocycles. The number of hydrogen-bond donors (Lipinski definition) is 2. The number of halogens is 2. The van der Waals surface area contributed by atoms with Gasteiger partial charge in [0.05, 0.1) is 0 Å². The van der Waals surface area contributed by atoms with Gasteiger partial charge in [-0.2, -0.15) is 0 Å². The molecule has 2 N–H and O–H groups in total. The molecule has 0 fully saturated rings. The quantitative estimate of drug-likeness (QED) is 0.209. The number of hydrogen-bond acceptors (Lipinski definition) is 3. The summed E-state index contributed by atoms with van der Waals surface area (Å²) in [5.41, 5.74) is 6.30. The van der Waals surface area contributed by atoms with Crippen molar-refractivity contribution in [1.29, 1.82) is 0 Å². The molecule has 6 heteroatoms.